The van der Waals surface area contributed by atoms with Gasteiger partial charge in [0, 0.05) is 10.0 Å². The van der Waals surface area contributed by atoms with E-state index in [1.54, 1.807) is 6.07 Å². The monoisotopic (exact) mass is 279 g/mol. The molecule has 0 aliphatic carbocycles. The van der Waals surface area contributed by atoms with Crippen LogP contribution in [0, 0.1) is 6.92 Å². The van der Waals surface area contributed by atoms with Gasteiger partial charge >= 0.3 is 0 Å². The molecule has 4 nitrogen and oxygen atoms in total. The van der Waals surface area contributed by atoms with Gasteiger partial charge in [0.2, 0.25) is 0 Å². The van der Waals surface area contributed by atoms with Crippen LogP contribution >= 0.6 is 15.9 Å². The molecule has 0 radical (unpaired) electrons. The number of hydrogen-bond donors (Lipinski definition) is 2. The summed E-state index contributed by atoms with van der Waals surface area (Å²) in [5.74, 6) is -0.509. The van der Waals surface area contributed by atoms with Crippen LogP contribution < -0.4 is 5.73 Å². The fourth-order valence-electron chi connectivity index (χ4n) is 1.48. The third-order valence-corrected chi connectivity index (χ3v) is 2.64. The fourth-order valence-corrected chi connectivity index (χ4v) is 2.09. The van der Waals surface area contributed by atoms with E-state index in [0.29, 0.717) is 11.4 Å². The van der Waals surface area contributed by atoms with Crippen LogP contribution in [0.4, 0.5) is 0 Å². The molecule has 2 aromatic rings. The van der Waals surface area contributed by atoms with Crippen molar-refractivity contribution < 1.29 is 4.79 Å². The van der Waals surface area contributed by atoms with Gasteiger partial charge < -0.3 is 5.73 Å². The van der Waals surface area contributed by atoms with Gasteiger partial charge in [-0.25, -0.2) is 0 Å². The highest BCUT2D eigenvalue weighted by Gasteiger charge is 2.08. The number of H-pyrrole nitrogens is 1. The molecule has 1 aromatic heterocycles. The molecule has 1 heterocycles. The number of aryl methyl sites for hydroxylation is 1. The summed E-state index contributed by atoms with van der Waals surface area (Å²) in [6.45, 7) is 2.00. The minimum atomic E-state index is -0.509. The van der Waals surface area contributed by atoms with Crippen molar-refractivity contribution in [1.29, 1.82) is 0 Å². The predicted molar refractivity (Wildman–Crippen MR) is 65.0 cm³/mol. The highest BCUT2D eigenvalue weighted by Crippen LogP contribution is 2.23. The zero-order chi connectivity index (χ0) is 11.7. The number of carbonyl (C=O) groups is 1. The van der Waals surface area contributed by atoms with E-state index in [1.165, 1.54) is 0 Å². The number of halogens is 1. The number of benzene rings is 1. The van der Waals surface area contributed by atoms with Gasteiger partial charge in [-0.05, 0) is 36.8 Å². The molecule has 0 unspecified atom stereocenters. The van der Waals surface area contributed by atoms with Crippen molar-refractivity contribution in [3.63, 3.8) is 0 Å². The van der Waals surface area contributed by atoms with Crippen molar-refractivity contribution >= 4 is 21.8 Å². The van der Waals surface area contributed by atoms with E-state index in [4.69, 9.17) is 5.73 Å². The van der Waals surface area contributed by atoms with E-state index >= 15 is 0 Å². The third-order valence-electron chi connectivity index (χ3n) is 2.18. The summed E-state index contributed by atoms with van der Waals surface area (Å²) in [5, 5.41) is 6.65. The van der Waals surface area contributed by atoms with E-state index in [2.05, 4.69) is 26.1 Å². The smallest absolute Gasteiger partial charge is 0.266 e. The van der Waals surface area contributed by atoms with Crippen LogP contribution in [0.25, 0.3) is 11.3 Å². The van der Waals surface area contributed by atoms with Crippen LogP contribution in [-0.4, -0.2) is 16.1 Å². The largest absolute Gasteiger partial charge is 0.364 e. The summed E-state index contributed by atoms with van der Waals surface area (Å²) in [6.07, 6.45) is 0. The Hall–Kier alpha value is -1.62. The molecule has 1 aromatic carbocycles. The predicted octanol–water partition coefficient (Wildman–Crippen LogP) is 2.25. The Bertz CT molecular complexity index is 528. The molecular weight excluding hydrogens is 270 g/mol. The maximum absolute atomic E-state index is 10.9. The van der Waals surface area contributed by atoms with Gasteiger partial charge in [-0.2, -0.15) is 5.10 Å². The minimum absolute atomic E-state index is 0.313. The van der Waals surface area contributed by atoms with Crippen LogP contribution in [0.5, 0.6) is 0 Å². The van der Waals surface area contributed by atoms with Crippen molar-refractivity contribution in [2.75, 3.05) is 0 Å². The number of carbonyl (C=O) groups excluding carboxylic acids is 1. The first kappa shape index (κ1) is 10.9. The lowest BCUT2D eigenvalue weighted by Gasteiger charge is -1.99. The highest BCUT2D eigenvalue weighted by molar-refractivity contribution is 9.10. The Balaban J connectivity index is 2.46. The standard InChI is InChI=1S/C11H10BrN3O/c1-6-2-7(4-8(12)3-6)9-5-10(11(13)16)15-14-9/h2-5H,1H3,(H2,13,16)(H,14,15). The Morgan fingerprint density at radius 3 is 2.69 bits per heavy atom. The van der Waals surface area contributed by atoms with Crippen molar-refractivity contribution in [2.24, 2.45) is 5.73 Å². The lowest BCUT2D eigenvalue weighted by Crippen LogP contribution is -2.10. The van der Waals surface area contributed by atoms with E-state index < -0.39 is 5.91 Å². The minimum Gasteiger partial charge on any atom is -0.364 e. The third kappa shape index (κ3) is 2.14. The molecule has 0 aliphatic rings. The molecule has 0 saturated carbocycles. The molecule has 0 aliphatic heterocycles. The van der Waals surface area contributed by atoms with E-state index in [0.717, 1.165) is 15.6 Å². The number of nitrogens with zero attached hydrogens (tertiary/aromatic N) is 1. The van der Waals surface area contributed by atoms with Crippen molar-refractivity contribution in [2.45, 2.75) is 6.92 Å². The number of nitrogens with two attached hydrogens (primary N) is 1. The average Bonchev–Trinajstić information content (AvgIpc) is 2.64. The lowest BCUT2D eigenvalue weighted by molar-refractivity contribution is 0.0995. The summed E-state index contributed by atoms with van der Waals surface area (Å²) in [7, 11) is 0. The molecule has 0 spiro atoms. The van der Waals surface area contributed by atoms with Crippen molar-refractivity contribution in [3.05, 3.63) is 40.0 Å². The lowest BCUT2D eigenvalue weighted by atomic mass is 10.1. The molecule has 2 rings (SSSR count). The Morgan fingerprint density at radius 2 is 2.12 bits per heavy atom. The molecule has 5 heteroatoms. The van der Waals surface area contributed by atoms with Gasteiger partial charge in [0.25, 0.3) is 5.91 Å². The number of primary amides is 1. The molecule has 0 bridgehead atoms. The maximum Gasteiger partial charge on any atom is 0.266 e. The van der Waals surface area contributed by atoms with Gasteiger partial charge in [0.1, 0.15) is 5.69 Å². The van der Waals surface area contributed by atoms with Crippen LogP contribution in [0.1, 0.15) is 16.1 Å². The normalized spacial score (nSPS) is 10.4. The summed E-state index contributed by atoms with van der Waals surface area (Å²) in [5.41, 5.74) is 8.22. The van der Waals surface area contributed by atoms with Crippen LogP contribution in [0.3, 0.4) is 0 Å². The number of aromatic amines is 1. The first-order chi connectivity index (χ1) is 7.56. The molecular formula is C11H10BrN3O. The van der Waals surface area contributed by atoms with E-state index in [1.807, 2.05) is 25.1 Å². The SMILES string of the molecule is Cc1cc(Br)cc(-c2cc(C(N)=O)[nH]n2)c1. The second kappa shape index (κ2) is 4.09. The molecule has 0 atom stereocenters. The van der Waals surface area contributed by atoms with Crippen LogP contribution in [-0.2, 0) is 0 Å². The zero-order valence-corrected chi connectivity index (χ0v) is 10.2. The maximum atomic E-state index is 10.9. The molecule has 0 fully saturated rings. The number of aromatic nitrogens is 2. The highest BCUT2D eigenvalue weighted by atomic mass is 79.9. The number of amides is 1. The molecule has 16 heavy (non-hydrogen) atoms. The van der Waals surface area contributed by atoms with Gasteiger partial charge in [-0.1, -0.05) is 15.9 Å². The second-order valence-electron chi connectivity index (χ2n) is 3.55. The van der Waals surface area contributed by atoms with Gasteiger partial charge in [-0.3, -0.25) is 9.89 Å². The number of hydrogen-bond acceptors (Lipinski definition) is 2. The molecule has 3 N–H and O–H groups in total. The Labute approximate surface area is 101 Å². The first-order valence-corrected chi connectivity index (χ1v) is 5.48. The molecule has 0 saturated heterocycles. The second-order valence-corrected chi connectivity index (χ2v) is 4.46. The first-order valence-electron chi connectivity index (χ1n) is 4.69. The topological polar surface area (TPSA) is 71.8 Å². The van der Waals surface area contributed by atoms with E-state index in [9.17, 15) is 4.79 Å². The summed E-state index contributed by atoms with van der Waals surface area (Å²) in [4.78, 5) is 10.9. The Kier molecular flexibility index (Phi) is 2.78. The van der Waals surface area contributed by atoms with Gasteiger partial charge in [0.15, 0.2) is 0 Å². The van der Waals surface area contributed by atoms with Crippen LogP contribution in [0.15, 0.2) is 28.7 Å². The average molecular weight is 280 g/mol. The molecule has 1 amide bonds. The van der Waals surface area contributed by atoms with Crippen molar-refractivity contribution in [1.82, 2.24) is 10.2 Å². The van der Waals surface area contributed by atoms with Gasteiger partial charge in [-0.15, -0.1) is 0 Å². The zero-order valence-electron chi connectivity index (χ0n) is 8.62. The summed E-state index contributed by atoms with van der Waals surface area (Å²) >= 11 is 3.42. The number of nitrogens with one attached hydrogen (secondary N) is 1. The summed E-state index contributed by atoms with van der Waals surface area (Å²) in [6, 6.07) is 7.58. The fraction of sp³-hybridized carbons (Fsp3) is 0.0909. The van der Waals surface area contributed by atoms with Crippen LogP contribution in [0.2, 0.25) is 0 Å². The summed E-state index contributed by atoms with van der Waals surface area (Å²) < 4.78 is 0.978. The van der Waals surface area contributed by atoms with E-state index in [-0.39, 0.29) is 0 Å². The molecule has 82 valence electrons. The number of rotatable bonds is 2. The van der Waals surface area contributed by atoms with Gasteiger partial charge in [0.05, 0.1) is 5.69 Å². The van der Waals surface area contributed by atoms with Crippen molar-refractivity contribution in [3.8, 4) is 11.3 Å². The Morgan fingerprint density at radius 1 is 1.38 bits per heavy atom. The quantitative estimate of drug-likeness (QED) is 0.885.